The number of allylic oxidation sites excluding steroid dienone is 1. The molecule has 0 saturated carbocycles. The Balaban J connectivity index is 4.24. The van der Waals surface area contributed by atoms with Crippen LogP contribution in [0.1, 0.15) is 20.8 Å². The summed E-state index contributed by atoms with van der Waals surface area (Å²) in [6.07, 6.45) is 1.79. The molecule has 0 spiro atoms. The summed E-state index contributed by atoms with van der Waals surface area (Å²) in [5.74, 6) is 0.0231. The molecule has 0 rings (SSSR count). The largest absolute Gasteiger partial charge is 0.466 e. The normalized spacial score (nSPS) is 11.9. The van der Waals surface area contributed by atoms with Crippen molar-refractivity contribution in [2.75, 3.05) is 7.11 Å². The molecule has 0 aromatic heterocycles. The van der Waals surface area contributed by atoms with Gasteiger partial charge >= 0.3 is 5.97 Å². The van der Waals surface area contributed by atoms with Gasteiger partial charge in [-0.2, -0.15) is 0 Å². The van der Waals surface area contributed by atoms with Crippen LogP contribution in [0.2, 0.25) is 0 Å². The van der Waals surface area contributed by atoms with Crippen LogP contribution >= 0.6 is 0 Å². The number of rotatable bonds is 2. The summed E-state index contributed by atoms with van der Waals surface area (Å²) >= 11 is 0. The predicted molar refractivity (Wildman–Crippen MR) is 40.6 cm³/mol. The Morgan fingerprint density at radius 1 is 1.50 bits per heavy atom. The van der Waals surface area contributed by atoms with E-state index >= 15 is 0 Å². The molecule has 0 aromatic carbocycles. The van der Waals surface area contributed by atoms with E-state index in [1.807, 2.05) is 20.8 Å². The van der Waals surface area contributed by atoms with Gasteiger partial charge in [-0.3, -0.25) is 0 Å². The van der Waals surface area contributed by atoms with Crippen LogP contribution in [0, 0.1) is 5.92 Å². The van der Waals surface area contributed by atoms with Crippen LogP contribution in [0.3, 0.4) is 0 Å². The molecule has 0 bridgehead atoms. The van der Waals surface area contributed by atoms with Crippen LogP contribution in [-0.4, -0.2) is 13.1 Å². The first-order valence-corrected chi connectivity index (χ1v) is 3.38. The highest BCUT2D eigenvalue weighted by atomic mass is 16.5. The zero-order chi connectivity index (χ0) is 8.15. The highest BCUT2D eigenvalue weighted by molar-refractivity contribution is 5.88. The lowest BCUT2D eigenvalue weighted by Gasteiger charge is -2.06. The number of hydrogen-bond donors (Lipinski definition) is 0. The van der Waals surface area contributed by atoms with E-state index in [-0.39, 0.29) is 11.9 Å². The van der Waals surface area contributed by atoms with Gasteiger partial charge < -0.3 is 4.74 Å². The van der Waals surface area contributed by atoms with Crippen molar-refractivity contribution in [1.29, 1.82) is 0 Å². The Labute approximate surface area is 61.9 Å². The summed E-state index contributed by atoms with van der Waals surface area (Å²) in [6, 6.07) is 0. The monoisotopic (exact) mass is 142 g/mol. The highest BCUT2D eigenvalue weighted by Crippen LogP contribution is 2.09. The fraction of sp³-hybridized carbons (Fsp3) is 0.625. The minimum Gasteiger partial charge on any atom is -0.466 e. The number of hydrogen-bond acceptors (Lipinski definition) is 2. The van der Waals surface area contributed by atoms with Crippen molar-refractivity contribution in [1.82, 2.24) is 0 Å². The number of methoxy groups -OCH3 is 1. The number of esters is 1. The molecule has 0 saturated heterocycles. The van der Waals surface area contributed by atoms with Gasteiger partial charge in [0.1, 0.15) is 0 Å². The van der Waals surface area contributed by atoms with E-state index in [9.17, 15) is 4.79 Å². The molecule has 2 nitrogen and oxygen atoms in total. The fourth-order valence-corrected chi connectivity index (χ4v) is 0.805. The molecular formula is C8H14O2. The zero-order valence-electron chi connectivity index (χ0n) is 6.97. The molecule has 0 aliphatic heterocycles. The zero-order valence-corrected chi connectivity index (χ0v) is 6.97. The molecule has 0 aliphatic rings. The van der Waals surface area contributed by atoms with Gasteiger partial charge in [-0.05, 0) is 12.8 Å². The Hall–Kier alpha value is -0.790. The SMILES string of the molecule is C/C=C(/C(=O)OC)C(C)C. The summed E-state index contributed by atoms with van der Waals surface area (Å²) in [5, 5.41) is 0. The average Bonchev–Trinajstić information content (AvgIpc) is 1.88. The maximum absolute atomic E-state index is 10.9. The Morgan fingerprint density at radius 2 is 2.00 bits per heavy atom. The predicted octanol–water partition coefficient (Wildman–Crippen LogP) is 1.76. The second-order valence-corrected chi connectivity index (χ2v) is 2.39. The molecule has 0 fully saturated rings. The summed E-state index contributed by atoms with van der Waals surface area (Å²) in [5.41, 5.74) is 0.738. The third-order valence-electron chi connectivity index (χ3n) is 1.35. The Kier molecular flexibility index (Phi) is 3.77. The second-order valence-electron chi connectivity index (χ2n) is 2.39. The third kappa shape index (κ3) is 2.21. The standard InChI is InChI=1S/C8H14O2/c1-5-7(6(2)3)8(9)10-4/h5-6H,1-4H3/b7-5+. The van der Waals surface area contributed by atoms with Crippen molar-refractivity contribution in [3.8, 4) is 0 Å². The third-order valence-corrected chi connectivity index (χ3v) is 1.35. The maximum Gasteiger partial charge on any atom is 0.333 e. The first-order chi connectivity index (χ1) is 4.63. The summed E-state index contributed by atoms with van der Waals surface area (Å²) in [4.78, 5) is 10.9. The van der Waals surface area contributed by atoms with E-state index in [0.29, 0.717) is 0 Å². The molecule has 0 N–H and O–H groups in total. The molecule has 2 heteroatoms. The fourth-order valence-electron chi connectivity index (χ4n) is 0.805. The van der Waals surface area contributed by atoms with Crippen LogP contribution < -0.4 is 0 Å². The van der Waals surface area contributed by atoms with Gasteiger partial charge in [-0.25, -0.2) is 4.79 Å². The quantitative estimate of drug-likeness (QED) is 0.434. The van der Waals surface area contributed by atoms with Crippen molar-refractivity contribution in [2.24, 2.45) is 5.92 Å². The van der Waals surface area contributed by atoms with Crippen molar-refractivity contribution < 1.29 is 9.53 Å². The van der Waals surface area contributed by atoms with E-state index in [0.717, 1.165) is 5.57 Å². The lowest BCUT2D eigenvalue weighted by molar-refractivity contribution is -0.136. The van der Waals surface area contributed by atoms with Gasteiger partial charge in [0, 0.05) is 5.57 Å². The molecule has 0 radical (unpaired) electrons. The first-order valence-electron chi connectivity index (χ1n) is 3.38. The molecule has 0 amide bonds. The van der Waals surface area contributed by atoms with E-state index < -0.39 is 0 Å². The first kappa shape index (κ1) is 9.21. The summed E-state index contributed by atoms with van der Waals surface area (Å²) in [7, 11) is 1.40. The molecule has 10 heavy (non-hydrogen) atoms. The molecule has 0 unspecified atom stereocenters. The average molecular weight is 142 g/mol. The van der Waals surface area contributed by atoms with Crippen molar-refractivity contribution >= 4 is 5.97 Å². The number of carbonyl (C=O) groups is 1. The van der Waals surface area contributed by atoms with E-state index in [1.54, 1.807) is 6.08 Å². The van der Waals surface area contributed by atoms with Crippen LogP contribution in [-0.2, 0) is 9.53 Å². The minimum atomic E-state index is -0.225. The van der Waals surface area contributed by atoms with Gasteiger partial charge in [0.15, 0.2) is 0 Å². The lowest BCUT2D eigenvalue weighted by Crippen LogP contribution is -2.09. The highest BCUT2D eigenvalue weighted by Gasteiger charge is 2.11. The molecule has 0 atom stereocenters. The lowest BCUT2D eigenvalue weighted by atomic mass is 10.0. The molecule has 0 aliphatic carbocycles. The minimum absolute atomic E-state index is 0.225. The van der Waals surface area contributed by atoms with Gasteiger partial charge in [-0.1, -0.05) is 19.9 Å². The van der Waals surface area contributed by atoms with E-state index in [2.05, 4.69) is 4.74 Å². The van der Waals surface area contributed by atoms with Crippen LogP contribution in [0.5, 0.6) is 0 Å². The van der Waals surface area contributed by atoms with E-state index in [1.165, 1.54) is 7.11 Å². The molecule has 0 heterocycles. The maximum atomic E-state index is 10.9. The summed E-state index contributed by atoms with van der Waals surface area (Å²) < 4.78 is 4.56. The van der Waals surface area contributed by atoms with Gasteiger partial charge in [0.2, 0.25) is 0 Å². The molecule has 58 valence electrons. The van der Waals surface area contributed by atoms with Gasteiger partial charge in [0.05, 0.1) is 7.11 Å². The molecular weight excluding hydrogens is 128 g/mol. The van der Waals surface area contributed by atoms with Crippen molar-refractivity contribution in [3.63, 3.8) is 0 Å². The number of carbonyl (C=O) groups excluding carboxylic acids is 1. The van der Waals surface area contributed by atoms with Gasteiger partial charge in [0.25, 0.3) is 0 Å². The van der Waals surface area contributed by atoms with Crippen LogP contribution in [0.15, 0.2) is 11.6 Å². The van der Waals surface area contributed by atoms with Crippen LogP contribution in [0.4, 0.5) is 0 Å². The molecule has 0 aromatic rings. The van der Waals surface area contributed by atoms with Crippen molar-refractivity contribution in [2.45, 2.75) is 20.8 Å². The van der Waals surface area contributed by atoms with Crippen LogP contribution in [0.25, 0.3) is 0 Å². The van der Waals surface area contributed by atoms with Gasteiger partial charge in [-0.15, -0.1) is 0 Å². The van der Waals surface area contributed by atoms with E-state index in [4.69, 9.17) is 0 Å². The Morgan fingerprint density at radius 3 is 2.10 bits per heavy atom. The number of ether oxygens (including phenoxy) is 1. The topological polar surface area (TPSA) is 26.3 Å². The second kappa shape index (κ2) is 4.09. The van der Waals surface area contributed by atoms with Crippen molar-refractivity contribution in [3.05, 3.63) is 11.6 Å². The summed E-state index contributed by atoms with van der Waals surface area (Å²) in [6.45, 7) is 5.77. The Bertz CT molecular complexity index is 145. The smallest absolute Gasteiger partial charge is 0.333 e.